The van der Waals surface area contributed by atoms with Crippen molar-refractivity contribution in [2.75, 3.05) is 7.05 Å². The Morgan fingerprint density at radius 3 is 2.54 bits per heavy atom. The molecule has 26 heavy (non-hydrogen) atoms. The summed E-state index contributed by atoms with van der Waals surface area (Å²) in [4.78, 5) is 2.25. The monoisotopic (exact) mass is 364 g/mol. The fourth-order valence-electron chi connectivity index (χ4n) is 3.85. The van der Waals surface area contributed by atoms with E-state index < -0.39 is 0 Å². The fraction of sp³-hybridized carbons (Fsp3) is 0.227. The second-order valence-corrected chi connectivity index (χ2v) is 7.36. The van der Waals surface area contributed by atoms with E-state index in [2.05, 4.69) is 54.0 Å². The summed E-state index contributed by atoms with van der Waals surface area (Å²) in [5, 5.41) is 4.85. The predicted molar refractivity (Wildman–Crippen MR) is 105 cm³/mol. The number of nitrogens with zero attached hydrogens (tertiary/aromatic N) is 2. The van der Waals surface area contributed by atoms with Crippen molar-refractivity contribution in [3.8, 4) is 11.1 Å². The SMILES string of the molecule is C=C1Cc2ccc(-c3c(C)noc3C)cc2C(c2ccc(Cl)cc2)N1C. The highest BCUT2D eigenvalue weighted by Gasteiger charge is 2.28. The van der Waals surface area contributed by atoms with Crippen molar-refractivity contribution < 1.29 is 4.52 Å². The Kier molecular flexibility index (Phi) is 4.12. The molecular weight excluding hydrogens is 344 g/mol. The summed E-state index contributed by atoms with van der Waals surface area (Å²) in [6.45, 7) is 8.20. The van der Waals surface area contributed by atoms with E-state index in [0.29, 0.717) is 0 Å². The van der Waals surface area contributed by atoms with Crippen LogP contribution >= 0.6 is 11.6 Å². The first-order valence-electron chi connectivity index (χ1n) is 8.68. The third-order valence-corrected chi connectivity index (χ3v) is 5.48. The lowest BCUT2D eigenvalue weighted by atomic mass is 9.85. The van der Waals surface area contributed by atoms with Crippen LogP contribution in [0, 0.1) is 13.8 Å². The summed E-state index contributed by atoms with van der Waals surface area (Å²) >= 11 is 6.09. The van der Waals surface area contributed by atoms with E-state index in [1.54, 1.807) is 0 Å². The molecule has 1 aromatic heterocycles. The zero-order valence-electron chi connectivity index (χ0n) is 15.2. The molecule has 3 nitrogen and oxygen atoms in total. The number of rotatable bonds is 2. The predicted octanol–water partition coefficient (Wildman–Crippen LogP) is 5.70. The minimum absolute atomic E-state index is 0.115. The summed E-state index contributed by atoms with van der Waals surface area (Å²) < 4.78 is 5.37. The smallest absolute Gasteiger partial charge is 0.141 e. The maximum absolute atomic E-state index is 6.09. The Morgan fingerprint density at radius 1 is 1.15 bits per heavy atom. The minimum atomic E-state index is 0.115. The van der Waals surface area contributed by atoms with E-state index >= 15 is 0 Å². The van der Waals surface area contributed by atoms with Gasteiger partial charge in [0.1, 0.15) is 5.76 Å². The Morgan fingerprint density at radius 2 is 1.88 bits per heavy atom. The van der Waals surface area contributed by atoms with Gasteiger partial charge in [0, 0.05) is 29.8 Å². The average molecular weight is 365 g/mol. The van der Waals surface area contributed by atoms with Gasteiger partial charge in [0.25, 0.3) is 0 Å². The van der Waals surface area contributed by atoms with Gasteiger partial charge in [0.05, 0.1) is 11.7 Å². The molecule has 3 aromatic rings. The van der Waals surface area contributed by atoms with Gasteiger partial charge in [-0.25, -0.2) is 0 Å². The summed E-state index contributed by atoms with van der Waals surface area (Å²) in [6.07, 6.45) is 0.859. The number of hydrogen-bond donors (Lipinski definition) is 0. The number of fused-ring (bicyclic) bond motifs is 1. The molecule has 0 saturated heterocycles. The number of allylic oxidation sites excluding steroid dienone is 1. The number of benzene rings is 2. The Hall–Kier alpha value is -2.52. The van der Waals surface area contributed by atoms with E-state index in [1.165, 1.54) is 16.7 Å². The molecule has 0 amide bonds. The molecule has 1 atom stereocenters. The maximum Gasteiger partial charge on any atom is 0.141 e. The lowest BCUT2D eigenvalue weighted by Gasteiger charge is -2.38. The van der Waals surface area contributed by atoms with Gasteiger partial charge in [-0.3, -0.25) is 0 Å². The van der Waals surface area contributed by atoms with Crippen LogP contribution < -0.4 is 0 Å². The largest absolute Gasteiger partial charge is 0.367 e. The molecule has 0 fully saturated rings. The van der Waals surface area contributed by atoms with Crippen LogP contribution in [-0.4, -0.2) is 17.1 Å². The van der Waals surface area contributed by atoms with Crippen LogP contribution in [-0.2, 0) is 6.42 Å². The number of hydrogen-bond acceptors (Lipinski definition) is 3. The van der Waals surface area contributed by atoms with Gasteiger partial charge < -0.3 is 9.42 Å². The van der Waals surface area contributed by atoms with Crippen molar-refractivity contribution in [2.24, 2.45) is 0 Å². The number of likely N-dealkylation sites (N-methyl/N-ethyl adjacent to an activating group) is 1. The van der Waals surface area contributed by atoms with Gasteiger partial charge >= 0.3 is 0 Å². The zero-order valence-corrected chi connectivity index (χ0v) is 16.0. The summed E-state index contributed by atoms with van der Waals surface area (Å²) in [7, 11) is 2.10. The quantitative estimate of drug-likeness (QED) is 0.583. The van der Waals surface area contributed by atoms with E-state index in [0.717, 1.165) is 39.7 Å². The summed E-state index contributed by atoms with van der Waals surface area (Å²) in [5.41, 5.74) is 8.05. The van der Waals surface area contributed by atoms with Crippen LogP contribution in [0.2, 0.25) is 5.02 Å². The molecular formula is C22H21ClN2O. The maximum atomic E-state index is 6.09. The van der Waals surface area contributed by atoms with Crippen LogP contribution in [0.3, 0.4) is 0 Å². The third kappa shape index (κ3) is 2.73. The topological polar surface area (TPSA) is 29.3 Å². The molecule has 2 aromatic carbocycles. The Bertz CT molecular complexity index is 968. The molecule has 0 spiro atoms. The van der Waals surface area contributed by atoms with Gasteiger partial charge in [-0.1, -0.05) is 47.6 Å². The highest BCUT2D eigenvalue weighted by Crippen LogP contribution is 2.40. The normalized spacial score (nSPS) is 16.7. The lowest BCUT2D eigenvalue weighted by Crippen LogP contribution is -2.30. The Labute approximate surface area is 158 Å². The molecule has 4 heteroatoms. The molecule has 1 unspecified atom stereocenters. The first-order valence-corrected chi connectivity index (χ1v) is 9.05. The van der Waals surface area contributed by atoms with Crippen molar-refractivity contribution >= 4 is 11.6 Å². The van der Waals surface area contributed by atoms with Crippen molar-refractivity contribution in [1.82, 2.24) is 10.1 Å². The Balaban J connectivity index is 1.89. The second-order valence-electron chi connectivity index (χ2n) is 6.92. The standard InChI is InChI=1S/C22H21ClN2O/c1-13-11-17-5-6-18(21-14(2)24-26-15(21)3)12-20(17)22(25(13)4)16-7-9-19(23)10-8-16/h5-10,12,22H,1,11H2,2-4H3. The van der Waals surface area contributed by atoms with Crippen LogP contribution in [0.5, 0.6) is 0 Å². The van der Waals surface area contributed by atoms with E-state index in [1.807, 2.05) is 26.0 Å². The van der Waals surface area contributed by atoms with Gasteiger partial charge in [-0.05, 0) is 54.3 Å². The molecule has 0 saturated carbocycles. The minimum Gasteiger partial charge on any atom is -0.367 e. The average Bonchev–Trinajstić information content (AvgIpc) is 2.96. The molecule has 0 N–H and O–H groups in total. The summed E-state index contributed by atoms with van der Waals surface area (Å²) in [5.74, 6) is 0.846. The van der Waals surface area contributed by atoms with Crippen molar-refractivity contribution in [1.29, 1.82) is 0 Å². The first kappa shape index (κ1) is 16.9. The van der Waals surface area contributed by atoms with Gasteiger partial charge in [0.2, 0.25) is 0 Å². The second kappa shape index (κ2) is 6.33. The molecule has 1 aliphatic heterocycles. The highest BCUT2D eigenvalue weighted by molar-refractivity contribution is 6.30. The third-order valence-electron chi connectivity index (χ3n) is 5.23. The lowest BCUT2D eigenvalue weighted by molar-refractivity contribution is 0.329. The van der Waals surface area contributed by atoms with Crippen molar-refractivity contribution in [3.63, 3.8) is 0 Å². The van der Waals surface area contributed by atoms with E-state index in [9.17, 15) is 0 Å². The van der Waals surface area contributed by atoms with Crippen LogP contribution in [0.25, 0.3) is 11.1 Å². The van der Waals surface area contributed by atoms with E-state index in [4.69, 9.17) is 16.1 Å². The zero-order chi connectivity index (χ0) is 18.4. The van der Waals surface area contributed by atoms with Crippen LogP contribution in [0.1, 0.15) is 34.2 Å². The number of aromatic nitrogens is 1. The molecule has 0 aliphatic carbocycles. The van der Waals surface area contributed by atoms with Gasteiger partial charge in [-0.2, -0.15) is 0 Å². The van der Waals surface area contributed by atoms with Crippen LogP contribution in [0.15, 0.2) is 59.3 Å². The first-order chi connectivity index (χ1) is 12.5. The molecule has 132 valence electrons. The van der Waals surface area contributed by atoms with Crippen LogP contribution in [0.4, 0.5) is 0 Å². The molecule has 4 rings (SSSR count). The van der Waals surface area contributed by atoms with Gasteiger partial charge in [-0.15, -0.1) is 0 Å². The fourth-order valence-corrected chi connectivity index (χ4v) is 3.97. The van der Waals surface area contributed by atoms with E-state index in [-0.39, 0.29) is 6.04 Å². The number of aryl methyl sites for hydroxylation is 2. The number of halogens is 1. The molecule has 0 bridgehead atoms. The van der Waals surface area contributed by atoms with Gasteiger partial charge in [0.15, 0.2) is 0 Å². The highest BCUT2D eigenvalue weighted by atomic mass is 35.5. The van der Waals surface area contributed by atoms with Crippen molar-refractivity contribution in [3.05, 3.63) is 87.9 Å². The molecule has 2 heterocycles. The van der Waals surface area contributed by atoms with Crippen molar-refractivity contribution in [2.45, 2.75) is 26.3 Å². The molecule has 0 radical (unpaired) electrons. The summed E-state index contributed by atoms with van der Waals surface area (Å²) in [6, 6.07) is 14.8. The molecule has 1 aliphatic rings.